The van der Waals surface area contributed by atoms with Crippen molar-refractivity contribution >= 4 is 11.8 Å². The third-order valence-electron chi connectivity index (χ3n) is 2.16. The molecule has 0 aromatic carbocycles. The predicted octanol–water partition coefficient (Wildman–Crippen LogP) is 1.47. The van der Waals surface area contributed by atoms with Crippen molar-refractivity contribution in [3.05, 3.63) is 12.7 Å². The van der Waals surface area contributed by atoms with Gasteiger partial charge in [-0.25, -0.2) is 0 Å². The zero-order valence-electron chi connectivity index (χ0n) is 7.79. The van der Waals surface area contributed by atoms with Crippen LogP contribution in [0, 0.1) is 5.92 Å². The molecule has 1 aliphatic rings. The van der Waals surface area contributed by atoms with E-state index in [-0.39, 0.29) is 11.8 Å². The van der Waals surface area contributed by atoms with E-state index in [9.17, 15) is 9.59 Å². The van der Waals surface area contributed by atoms with E-state index in [1.54, 1.807) is 6.08 Å². The number of rotatable bonds is 4. The molecular formula is C10H14O3. The van der Waals surface area contributed by atoms with Gasteiger partial charge in [-0.05, 0) is 12.8 Å². The van der Waals surface area contributed by atoms with Crippen LogP contribution in [0.1, 0.15) is 26.2 Å². The van der Waals surface area contributed by atoms with Crippen LogP contribution < -0.4 is 0 Å². The monoisotopic (exact) mass is 182 g/mol. The fourth-order valence-corrected chi connectivity index (χ4v) is 1.46. The van der Waals surface area contributed by atoms with Crippen LogP contribution in [-0.2, 0) is 14.3 Å². The molecule has 1 fully saturated rings. The Balaban J connectivity index is 2.63. The van der Waals surface area contributed by atoms with Gasteiger partial charge in [0.1, 0.15) is 5.92 Å². The van der Waals surface area contributed by atoms with Crippen LogP contribution >= 0.6 is 0 Å². The predicted molar refractivity (Wildman–Crippen MR) is 48.1 cm³/mol. The second-order valence-electron chi connectivity index (χ2n) is 3.19. The quantitative estimate of drug-likeness (QED) is 0.375. The first-order valence-corrected chi connectivity index (χ1v) is 4.55. The molecule has 3 nitrogen and oxygen atoms in total. The molecule has 1 aliphatic heterocycles. The molecule has 1 saturated heterocycles. The lowest BCUT2D eigenvalue weighted by molar-refractivity contribution is -0.144. The van der Waals surface area contributed by atoms with Crippen molar-refractivity contribution in [2.24, 2.45) is 5.92 Å². The standard InChI is InChI=1S/C10H14O3/c1-3-5-7-9(11)8(6-4-2)13-10(7)12/h3,7-8H,1,4-6H2,2H3/t7-,8-/m0/s1. The fourth-order valence-electron chi connectivity index (χ4n) is 1.46. The van der Waals surface area contributed by atoms with Crippen LogP contribution in [0.2, 0.25) is 0 Å². The van der Waals surface area contributed by atoms with Crippen molar-refractivity contribution in [3.8, 4) is 0 Å². The third-order valence-corrected chi connectivity index (χ3v) is 2.16. The lowest BCUT2D eigenvalue weighted by atomic mass is 9.98. The minimum Gasteiger partial charge on any atom is -0.454 e. The molecule has 0 radical (unpaired) electrons. The van der Waals surface area contributed by atoms with E-state index in [1.165, 1.54) is 0 Å². The minimum absolute atomic E-state index is 0.0771. The molecule has 0 aliphatic carbocycles. The summed E-state index contributed by atoms with van der Waals surface area (Å²) in [6, 6.07) is 0. The molecule has 1 heterocycles. The maximum absolute atomic E-state index is 11.5. The highest BCUT2D eigenvalue weighted by molar-refractivity contribution is 6.06. The maximum Gasteiger partial charge on any atom is 0.317 e. The Morgan fingerprint density at radius 3 is 2.77 bits per heavy atom. The number of ketones is 1. The number of carbonyl (C=O) groups is 2. The molecule has 0 bridgehead atoms. The molecule has 0 N–H and O–H groups in total. The summed E-state index contributed by atoms with van der Waals surface area (Å²) in [5, 5.41) is 0. The molecule has 0 aromatic heterocycles. The van der Waals surface area contributed by atoms with Crippen LogP contribution in [0.25, 0.3) is 0 Å². The number of ether oxygens (including phenoxy) is 1. The van der Waals surface area contributed by atoms with Gasteiger partial charge in [-0.1, -0.05) is 19.4 Å². The third kappa shape index (κ3) is 1.97. The van der Waals surface area contributed by atoms with Gasteiger partial charge < -0.3 is 4.74 Å². The number of carbonyl (C=O) groups excluding carboxylic acids is 2. The summed E-state index contributed by atoms with van der Waals surface area (Å²) in [5.74, 6) is -1.05. The van der Waals surface area contributed by atoms with Crippen molar-refractivity contribution in [1.29, 1.82) is 0 Å². The summed E-state index contributed by atoms with van der Waals surface area (Å²) in [4.78, 5) is 22.7. The summed E-state index contributed by atoms with van der Waals surface area (Å²) < 4.78 is 4.94. The lowest BCUT2D eigenvalue weighted by Crippen LogP contribution is -2.19. The highest BCUT2D eigenvalue weighted by Crippen LogP contribution is 2.23. The van der Waals surface area contributed by atoms with Gasteiger partial charge in [0.2, 0.25) is 0 Å². The number of cyclic esters (lactones) is 1. The van der Waals surface area contributed by atoms with E-state index in [1.807, 2.05) is 6.92 Å². The molecule has 0 saturated carbocycles. The number of hydrogen-bond acceptors (Lipinski definition) is 3. The van der Waals surface area contributed by atoms with Gasteiger partial charge in [-0.2, -0.15) is 0 Å². The SMILES string of the molecule is C=CC[C@@H]1C(=O)O[C@@H](CCC)C1=O. The molecular weight excluding hydrogens is 168 g/mol. The van der Waals surface area contributed by atoms with Crippen molar-refractivity contribution in [2.75, 3.05) is 0 Å². The summed E-state index contributed by atoms with van der Waals surface area (Å²) >= 11 is 0. The number of hydrogen-bond donors (Lipinski definition) is 0. The van der Waals surface area contributed by atoms with Gasteiger partial charge in [0.15, 0.2) is 11.9 Å². The van der Waals surface area contributed by atoms with E-state index in [0.717, 1.165) is 6.42 Å². The Hall–Kier alpha value is -1.12. The molecule has 0 aromatic rings. The van der Waals surface area contributed by atoms with Gasteiger partial charge >= 0.3 is 5.97 Å². The second kappa shape index (κ2) is 4.21. The van der Waals surface area contributed by atoms with E-state index in [4.69, 9.17) is 4.74 Å². The molecule has 0 amide bonds. The van der Waals surface area contributed by atoms with Crippen LogP contribution in [0.4, 0.5) is 0 Å². The first-order valence-electron chi connectivity index (χ1n) is 4.55. The highest BCUT2D eigenvalue weighted by Gasteiger charge is 2.41. The molecule has 13 heavy (non-hydrogen) atoms. The van der Waals surface area contributed by atoms with Crippen molar-refractivity contribution < 1.29 is 14.3 Å². The maximum atomic E-state index is 11.5. The minimum atomic E-state index is -0.589. The second-order valence-corrected chi connectivity index (χ2v) is 3.19. The molecule has 0 spiro atoms. The topological polar surface area (TPSA) is 43.4 Å². The van der Waals surface area contributed by atoms with Crippen LogP contribution in [0.5, 0.6) is 0 Å². The first kappa shape index (κ1) is 9.96. The lowest BCUT2D eigenvalue weighted by Gasteiger charge is -2.03. The van der Waals surface area contributed by atoms with Crippen molar-refractivity contribution in [3.63, 3.8) is 0 Å². The van der Waals surface area contributed by atoms with E-state index < -0.39 is 12.0 Å². The number of allylic oxidation sites excluding steroid dienone is 1. The summed E-state index contributed by atoms with van der Waals surface area (Å²) in [7, 11) is 0. The molecule has 1 rings (SSSR count). The Morgan fingerprint density at radius 2 is 2.23 bits per heavy atom. The molecule has 2 atom stereocenters. The average molecular weight is 182 g/mol. The largest absolute Gasteiger partial charge is 0.454 e. The normalized spacial score (nSPS) is 27.5. The molecule has 0 unspecified atom stereocenters. The van der Waals surface area contributed by atoms with Crippen molar-refractivity contribution in [2.45, 2.75) is 32.3 Å². The Bertz CT molecular complexity index is 232. The van der Waals surface area contributed by atoms with Gasteiger partial charge in [0, 0.05) is 0 Å². The summed E-state index contributed by atoms with van der Waals surface area (Å²) in [6.07, 6.45) is 2.97. The smallest absolute Gasteiger partial charge is 0.317 e. The zero-order valence-corrected chi connectivity index (χ0v) is 7.79. The number of esters is 1. The van der Waals surface area contributed by atoms with Crippen LogP contribution in [0.15, 0.2) is 12.7 Å². The van der Waals surface area contributed by atoms with E-state index in [2.05, 4.69) is 6.58 Å². The Kier molecular flexibility index (Phi) is 3.23. The molecule has 72 valence electrons. The van der Waals surface area contributed by atoms with Crippen LogP contribution in [-0.4, -0.2) is 17.9 Å². The van der Waals surface area contributed by atoms with E-state index >= 15 is 0 Å². The van der Waals surface area contributed by atoms with Gasteiger partial charge in [-0.15, -0.1) is 6.58 Å². The summed E-state index contributed by atoms with van der Waals surface area (Å²) in [5.41, 5.74) is 0. The summed E-state index contributed by atoms with van der Waals surface area (Å²) in [6.45, 7) is 5.46. The zero-order chi connectivity index (χ0) is 9.84. The Labute approximate surface area is 77.8 Å². The fraction of sp³-hybridized carbons (Fsp3) is 0.600. The van der Waals surface area contributed by atoms with Gasteiger partial charge in [0.05, 0.1) is 0 Å². The van der Waals surface area contributed by atoms with Gasteiger partial charge in [0.25, 0.3) is 0 Å². The van der Waals surface area contributed by atoms with Gasteiger partial charge in [-0.3, -0.25) is 9.59 Å². The molecule has 3 heteroatoms. The number of Topliss-reactive ketones (excluding diaryl/α,β-unsaturated/α-hetero) is 1. The first-order chi connectivity index (χ1) is 6.20. The van der Waals surface area contributed by atoms with Crippen molar-refractivity contribution in [1.82, 2.24) is 0 Å². The van der Waals surface area contributed by atoms with Crippen LogP contribution in [0.3, 0.4) is 0 Å². The average Bonchev–Trinajstić information content (AvgIpc) is 2.34. The highest BCUT2D eigenvalue weighted by atomic mass is 16.6. The Morgan fingerprint density at radius 1 is 1.54 bits per heavy atom. The van der Waals surface area contributed by atoms with E-state index in [0.29, 0.717) is 12.8 Å².